The number of nitrogens with one attached hydrogen (secondary N) is 1. The normalized spacial score (nSPS) is 16.2. The van der Waals surface area contributed by atoms with Crippen molar-refractivity contribution in [2.24, 2.45) is 0 Å². The van der Waals surface area contributed by atoms with Crippen LogP contribution in [0.1, 0.15) is 16.8 Å². The van der Waals surface area contributed by atoms with E-state index in [4.69, 9.17) is 4.74 Å². The maximum absolute atomic E-state index is 11.8. The SMILES string of the molecule is O=C(NCCCN1CCOCC1)c1ccccc1O. The van der Waals surface area contributed by atoms with Crippen molar-refractivity contribution < 1.29 is 14.6 Å². The van der Waals surface area contributed by atoms with Gasteiger partial charge < -0.3 is 15.2 Å². The fourth-order valence-electron chi connectivity index (χ4n) is 2.09. The number of carbonyl (C=O) groups is 1. The number of aromatic hydroxyl groups is 1. The Hall–Kier alpha value is -1.59. The number of benzene rings is 1. The zero-order valence-electron chi connectivity index (χ0n) is 11.0. The second kappa shape index (κ2) is 7.11. The molecule has 1 aliphatic heterocycles. The summed E-state index contributed by atoms with van der Waals surface area (Å²) in [6, 6.07) is 6.57. The van der Waals surface area contributed by atoms with Gasteiger partial charge in [-0.1, -0.05) is 12.1 Å². The number of ether oxygens (including phenoxy) is 1. The van der Waals surface area contributed by atoms with Crippen LogP contribution in [-0.4, -0.2) is 55.3 Å². The first kappa shape index (κ1) is 13.8. The van der Waals surface area contributed by atoms with Crippen LogP contribution >= 0.6 is 0 Å². The summed E-state index contributed by atoms with van der Waals surface area (Å²) in [5.74, 6) is -0.201. The summed E-state index contributed by atoms with van der Waals surface area (Å²) >= 11 is 0. The lowest BCUT2D eigenvalue weighted by molar-refractivity contribution is 0.0374. The molecule has 0 spiro atoms. The zero-order valence-corrected chi connectivity index (χ0v) is 11.0. The molecule has 1 amide bonds. The number of amides is 1. The van der Waals surface area contributed by atoms with Gasteiger partial charge in [0.15, 0.2) is 0 Å². The largest absolute Gasteiger partial charge is 0.507 e. The predicted molar refractivity (Wildman–Crippen MR) is 72.3 cm³/mol. The minimum absolute atomic E-state index is 0.0215. The average molecular weight is 264 g/mol. The van der Waals surface area contributed by atoms with Crippen molar-refractivity contribution in [1.82, 2.24) is 10.2 Å². The Kier molecular flexibility index (Phi) is 5.18. The highest BCUT2D eigenvalue weighted by Crippen LogP contribution is 2.14. The van der Waals surface area contributed by atoms with E-state index in [1.165, 1.54) is 6.07 Å². The Bertz CT molecular complexity index is 417. The van der Waals surface area contributed by atoms with Gasteiger partial charge in [-0.05, 0) is 25.1 Å². The average Bonchev–Trinajstić information content (AvgIpc) is 2.45. The van der Waals surface area contributed by atoms with Crippen LogP contribution in [0.15, 0.2) is 24.3 Å². The van der Waals surface area contributed by atoms with Gasteiger partial charge in [-0.15, -0.1) is 0 Å². The third-order valence-corrected chi connectivity index (χ3v) is 3.19. The highest BCUT2D eigenvalue weighted by molar-refractivity contribution is 5.96. The highest BCUT2D eigenvalue weighted by atomic mass is 16.5. The van der Waals surface area contributed by atoms with E-state index in [-0.39, 0.29) is 11.7 Å². The fraction of sp³-hybridized carbons (Fsp3) is 0.500. The maximum Gasteiger partial charge on any atom is 0.255 e. The minimum Gasteiger partial charge on any atom is -0.507 e. The molecule has 5 heteroatoms. The van der Waals surface area contributed by atoms with Gasteiger partial charge in [-0.25, -0.2) is 0 Å². The first-order chi connectivity index (χ1) is 9.27. The summed E-state index contributed by atoms with van der Waals surface area (Å²) in [7, 11) is 0. The van der Waals surface area contributed by atoms with E-state index < -0.39 is 0 Å². The van der Waals surface area contributed by atoms with Crippen molar-refractivity contribution in [3.05, 3.63) is 29.8 Å². The summed E-state index contributed by atoms with van der Waals surface area (Å²) < 4.78 is 5.28. The first-order valence-corrected chi connectivity index (χ1v) is 6.63. The van der Waals surface area contributed by atoms with Gasteiger partial charge in [0.25, 0.3) is 5.91 Å². The van der Waals surface area contributed by atoms with Gasteiger partial charge in [-0.3, -0.25) is 9.69 Å². The van der Waals surface area contributed by atoms with Gasteiger partial charge in [0.1, 0.15) is 5.75 Å². The van der Waals surface area contributed by atoms with Gasteiger partial charge in [-0.2, -0.15) is 0 Å². The smallest absolute Gasteiger partial charge is 0.255 e. The van der Waals surface area contributed by atoms with Crippen molar-refractivity contribution >= 4 is 5.91 Å². The molecule has 1 aromatic rings. The van der Waals surface area contributed by atoms with Crippen molar-refractivity contribution in [3.63, 3.8) is 0 Å². The van der Waals surface area contributed by atoms with Crippen LogP contribution in [0.4, 0.5) is 0 Å². The molecule has 1 fully saturated rings. The van der Waals surface area contributed by atoms with E-state index in [1.807, 2.05) is 0 Å². The summed E-state index contributed by atoms with van der Waals surface area (Å²) in [6.07, 6.45) is 0.902. The molecule has 0 radical (unpaired) electrons. The van der Waals surface area contributed by atoms with Crippen molar-refractivity contribution in [2.45, 2.75) is 6.42 Å². The molecule has 0 saturated carbocycles. The molecule has 1 aliphatic rings. The van der Waals surface area contributed by atoms with Crippen LogP contribution in [0.5, 0.6) is 5.75 Å². The Labute approximate surface area is 113 Å². The Morgan fingerprint density at radius 2 is 2.05 bits per heavy atom. The molecule has 1 aromatic carbocycles. The quantitative estimate of drug-likeness (QED) is 0.774. The number of hydrogen-bond donors (Lipinski definition) is 2. The predicted octanol–water partition coefficient (Wildman–Crippen LogP) is 0.844. The van der Waals surface area contributed by atoms with Gasteiger partial charge in [0.05, 0.1) is 18.8 Å². The lowest BCUT2D eigenvalue weighted by atomic mass is 10.2. The number of phenolic OH excluding ortho intramolecular Hbond substituents is 1. The van der Waals surface area contributed by atoms with Crippen LogP contribution in [-0.2, 0) is 4.74 Å². The summed E-state index contributed by atoms with van der Waals surface area (Å²) in [5.41, 5.74) is 0.328. The Balaban J connectivity index is 1.68. The molecule has 104 valence electrons. The van der Waals surface area contributed by atoms with E-state index in [2.05, 4.69) is 10.2 Å². The molecule has 1 saturated heterocycles. The number of morpholine rings is 1. The molecule has 0 aromatic heterocycles. The lowest BCUT2D eigenvalue weighted by Crippen LogP contribution is -2.38. The third kappa shape index (κ3) is 4.22. The summed E-state index contributed by atoms with van der Waals surface area (Å²) in [4.78, 5) is 14.1. The highest BCUT2D eigenvalue weighted by Gasteiger charge is 2.11. The monoisotopic (exact) mass is 264 g/mol. The maximum atomic E-state index is 11.8. The molecule has 0 bridgehead atoms. The van der Waals surface area contributed by atoms with E-state index in [0.717, 1.165) is 39.3 Å². The fourth-order valence-corrected chi connectivity index (χ4v) is 2.09. The van der Waals surface area contributed by atoms with E-state index >= 15 is 0 Å². The Morgan fingerprint density at radius 1 is 1.32 bits per heavy atom. The first-order valence-electron chi connectivity index (χ1n) is 6.63. The molecule has 5 nitrogen and oxygen atoms in total. The summed E-state index contributed by atoms with van der Waals surface area (Å²) in [5, 5.41) is 12.4. The van der Waals surface area contributed by atoms with Crippen LogP contribution in [0.25, 0.3) is 0 Å². The zero-order chi connectivity index (χ0) is 13.5. The molecule has 1 heterocycles. The van der Waals surface area contributed by atoms with E-state index in [1.54, 1.807) is 18.2 Å². The van der Waals surface area contributed by atoms with Gasteiger partial charge in [0, 0.05) is 19.6 Å². The minimum atomic E-state index is -0.222. The molecule has 0 aliphatic carbocycles. The standard InChI is InChI=1S/C14H20N2O3/c17-13-5-2-1-4-12(13)14(18)15-6-3-7-16-8-10-19-11-9-16/h1-2,4-5,17H,3,6-11H2,(H,15,18). The summed E-state index contributed by atoms with van der Waals surface area (Å²) in [6.45, 7) is 5.10. The van der Waals surface area contributed by atoms with Crippen LogP contribution < -0.4 is 5.32 Å². The van der Waals surface area contributed by atoms with Gasteiger partial charge >= 0.3 is 0 Å². The molecular weight excluding hydrogens is 244 g/mol. The molecular formula is C14H20N2O3. The van der Waals surface area contributed by atoms with Crippen molar-refractivity contribution in [3.8, 4) is 5.75 Å². The van der Waals surface area contributed by atoms with Crippen LogP contribution in [0, 0.1) is 0 Å². The lowest BCUT2D eigenvalue weighted by Gasteiger charge is -2.26. The number of nitrogens with zero attached hydrogens (tertiary/aromatic N) is 1. The molecule has 0 atom stereocenters. The van der Waals surface area contributed by atoms with Crippen molar-refractivity contribution in [2.75, 3.05) is 39.4 Å². The second-order valence-electron chi connectivity index (χ2n) is 4.58. The molecule has 2 N–H and O–H groups in total. The number of phenols is 1. The Morgan fingerprint density at radius 3 is 2.79 bits per heavy atom. The number of para-hydroxylation sites is 1. The van der Waals surface area contributed by atoms with E-state index in [9.17, 15) is 9.90 Å². The number of carbonyl (C=O) groups excluding carboxylic acids is 1. The number of rotatable bonds is 5. The molecule has 19 heavy (non-hydrogen) atoms. The number of hydrogen-bond acceptors (Lipinski definition) is 4. The molecule has 2 rings (SSSR count). The second-order valence-corrected chi connectivity index (χ2v) is 4.58. The van der Waals surface area contributed by atoms with Crippen LogP contribution in [0.3, 0.4) is 0 Å². The van der Waals surface area contributed by atoms with Crippen molar-refractivity contribution in [1.29, 1.82) is 0 Å². The topological polar surface area (TPSA) is 61.8 Å². The van der Waals surface area contributed by atoms with Gasteiger partial charge in [0.2, 0.25) is 0 Å². The molecule has 0 unspecified atom stereocenters. The van der Waals surface area contributed by atoms with Crippen LogP contribution in [0.2, 0.25) is 0 Å². The van der Waals surface area contributed by atoms with E-state index in [0.29, 0.717) is 12.1 Å². The third-order valence-electron chi connectivity index (χ3n) is 3.19.